The number of pyridine rings is 1. The number of hydrogen-bond acceptors (Lipinski definition) is 4. The Balaban J connectivity index is 1.61. The molecular formula is C20H24FN5O2. The molecule has 148 valence electrons. The second-order valence-corrected chi connectivity index (χ2v) is 6.78. The summed E-state index contributed by atoms with van der Waals surface area (Å²) in [6.07, 6.45) is 3.93. The molecule has 0 spiro atoms. The van der Waals surface area contributed by atoms with Crippen molar-refractivity contribution in [3.8, 4) is 0 Å². The monoisotopic (exact) mass is 385 g/mol. The van der Waals surface area contributed by atoms with Gasteiger partial charge in [0.2, 0.25) is 5.91 Å². The Morgan fingerprint density at radius 2 is 1.96 bits per heavy atom. The summed E-state index contributed by atoms with van der Waals surface area (Å²) in [5.74, 6) is 0.0869. The molecule has 1 saturated heterocycles. The summed E-state index contributed by atoms with van der Waals surface area (Å²) in [6.45, 7) is 2.31. The summed E-state index contributed by atoms with van der Waals surface area (Å²) in [4.78, 5) is 30.3. The van der Waals surface area contributed by atoms with Gasteiger partial charge in [-0.3, -0.25) is 4.79 Å². The van der Waals surface area contributed by atoms with Gasteiger partial charge in [-0.05, 0) is 36.6 Å². The van der Waals surface area contributed by atoms with Gasteiger partial charge >= 0.3 is 6.03 Å². The molecule has 28 heavy (non-hydrogen) atoms. The van der Waals surface area contributed by atoms with Gasteiger partial charge < -0.3 is 21.3 Å². The summed E-state index contributed by atoms with van der Waals surface area (Å²) < 4.78 is 14.0. The molecule has 0 aliphatic carbocycles. The fourth-order valence-corrected chi connectivity index (χ4v) is 3.32. The van der Waals surface area contributed by atoms with Crippen molar-refractivity contribution in [2.45, 2.75) is 31.8 Å². The van der Waals surface area contributed by atoms with E-state index in [0.29, 0.717) is 6.54 Å². The minimum atomic E-state index is -0.837. The van der Waals surface area contributed by atoms with E-state index in [1.165, 1.54) is 12.1 Å². The Hall–Kier alpha value is -3.16. The standard InChI is InChI=1S/C20H24FN5O2/c21-16-6-2-1-5-15(16)17(25-20(22)28)12-19(27)24-13-14-7-8-23-18(11-14)26-9-3-4-10-26/h1-2,5-8,11,17H,3-4,9-10,12-13H2,(H,24,27)(H3,22,25,28)/t17-/m0/s1. The van der Waals surface area contributed by atoms with Crippen LogP contribution in [-0.2, 0) is 11.3 Å². The first-order valence-electron chi connectivity index (χ1n) is 9.30. The lowest BCUT2D eigenvalue weighted by Gasteiger charge is -2.19. The van der Waals surface area contributed by atoms with Gasteiger partial charge in [0, 0.05) is 31.4 Å². The Morgan fingerprint density at radius 1 is 1.21 bits per heavy atom. The highest BCUT2D eigenvalue weighted by molar-refractivity contribution is 5.78. The van der Waals surface area contributed by atoms with E-state index in [1.54, 1.807) is 18.3 Å². The van der Waals surface area contributed by atoms with Crippen molar-refractivity contribution in [1.29, 1.82) is 0 Å². The molecule has 1 fully saturated rings. The minimum absolute atomic E-state index is 0.117. The number of carbonyl (C=O) groups excluding carboxylic acids is 2. The molecule has 0 unspecified atom stereocenters. The maximum atomic E-state index is 14.0. The number of hydrogen-bond donors (Lipinski definition) is 3. The van der Waals surface area contributed by atoms with Crippen molar-refractivity contribution in [2.24, 2.45) is 5.73 Å². The number of amides is 3. The van der Waals surface area contributed by atoms with Crippen molar-refractivity contribution in [2.75, 3.05) is 18.0 Å². The number of carbonyl (C=O) groups is 2. The molecular weight excluding hydrogens is 361 g/mol. The van der Waals surface area contributed by atoms with Crippen LogP contribution in [0.1, 0.15) is 36.4 Å². The first-order valence-corrected chi connectivity index (χ1v) is 9.30. The Labute approximate surface area is 163 Å². The van der Waals surface area contributed by atoms with E-state index < -0.39 is 17.9 Å². The minimum Gasteiger partial charge on any atom is -0.357 e. The Morgan fingerprint density at radius 3 is 2.68 bits per heavy atom. The highest BCUT2D eigenvalue weighted by Crippen LogP contribution is 2.21. The van der Waals surface area contributed by atoms with Crippen LogP contribution in [0.3, 0.4) is 0 Å². The Kier molecular flexibility index (Phi) is 6.41. The van der Waals surface area contributed by atoms with Crippen LogP contribution in [0.4, 0.5) is 15.0 Å². The largest absolute Gasteiger partial charge is 0.357 e. The van der Waals surface area contributed by atoms with Crippen LogP contribution in [0.5, 0.6) is 0 Å². The van der Waals surface area contributed by atoms with Gasteiger partial charge in [-0.2, -0.15) is 0 Å². The lowest BCUT2D eigenvalue weighted by atomic mass is 10.0. The van der Waals surface area contributed by atoms with Gasteiger partial charge in [0.05, 0.1) is 12.5 Å². The van der Waals surface area contributed by atoms with E-state index in [-0.39, 0.29) is 17.9 Å². The third-order valence-corrected chi connectivity index (χ3v) is 4.72. The lowest BCUT2D eigenvalue weighted by Crippen LogP contribution is -2.37. The van der Waals surface area contributed by atoms with Gasteiger partial charge in [0.15, 0.2) is 0 Å². The molecule has 3 rings (SSSR count). The number of aromatic nitrogens is 1. The van der Waals surface area contributed by atoms with E-state index >= 15 is 0 Å². The summed E-state index contributed by atoms with van der Waals surface area (Å²) >= 11 is 0. The Bertz CT molecular complexity index is 839. The molecule has 0 radical (unpaired) electrons. The molecule has 2 aromatic rings. The van der Waals surface area contributed by atoms with Crippen LogP contribution in [-0.4, -0.2) is 30.0 Å². The molecule has 1 aliphatic rings. The predicted octanol–water partition coefficient (Wildman–Crippen LogP) is 2.24. The van der Waals surface area contributed by atoms with Crippen LogP contribution < -0.4 is 21.3 Å². The second kappa shape index (κ2) is 9.16. The molecule has 1 aromatic heterocycles. The fourth-order valence-electron chi connectivity index (χ4n) is 3.32. The average Bonchev–Trinajstić information content (AvgIpc) is 3.21. The summed E-state index contributed by atoms with van der Waals surface area (Å²) in [6, 6.07) is 8.14. The van der Waals surface area contributed by atoms with E-state index in [2.05, 4.69) is 20.5 Å². The van der Waals surface area contributed by atoms with Crippen LogP contribution in [0.15, 0.2) is 42.6 Å². The van der Waals surface area contributed by atoms with Gasteiger partial charge in [0.1, 0.15) is 11.6 Å². The van der Waals surface area contributed by atoms with Crippen molar-refractivity contribution in [3.63, 3.8) is 0 Å². The third kappa shape index (κ3) is 5.18. The normalized spacial score (nSPS) is 14.5. The van der Waals surface area contributed by atoms with Crippen molar-refractivity contribution in [3.05, 3.63) is 59.5 Å². The van der Waals surface area contributed by atoms with Crippen molar-refractivity contribution in [1.82, 2.24) is 15.6 Å². The van der Waals surface area contributed by atoms with Crippen LogP contribution in [0, 0.1) is 5.82 Å². The van der Waals surface area contributed by atoms with Crippen molar-refractivity contribution < 1.29 is 14.0 Å². The summed E-state index contributed by atoms with van der Waals surface area (Å²) in [7, 11) is 0. The SMILES string of the molecule is NC(=O)N[C@@H](CC(=O)NCc1ccnc(N2CCCC2)c1)c1ccccc1F. The topological polar surface area (TPSA) is 100 Å². The molecule has 0 saturated carbocycles. The number of nitrogens with two attached hydrogens (primary N) is 1. The molecule has 2 heterocycles. The van der Waals surface area contributed by atoms with Crippen LogP contribution in [0.2, 0.25) is 0 Å². The van der Waals surface area contributed by atoms with Crippen LogP contribution in [0.25, 0.3) is 0 Å². The maximum Gasteiger partial charge on any atom is 0.312 e. The number of urea groups is 1. The van der Waals surface area contributed by atoms with Crippen molar-refractivity contribution >= 4 is 17.8 Å². The average molecular weight is 385 g/mol. The zero-order chi connectivity index (χ0) is 19.9. The zero-order valence-electron chi connectivity index (χ0n) is 15.5. The highest BCUT2D eigenvalue weighted by Gasteiger charge is 2.20. The smallest absolute Gasteiger partial charge is 0.312 e. The number of rotatable bonds is 7. The molecule has 7 nitrogen and oxygen atoms in total. The number of nitrogens with zero attached hydrogens (tertiary/aromatic N) is 2. The molecule has 4 N–H and O–H groups in total. The number of anilines is 1. The number of primary amides is 1. The first-order chi connectivity index (χ1) is 13.5. The summed E-state index contributed by atoms with van der Waals surface area (Å²) in [5.41, 5.74) is 6.33. The molecule has 3 amide bonds. The highest BCUT2D eigenvalue weighted by atomic mass is 19.1. The van der Waals surface area contributed by atoms with E-state index in [4.69, 9.17) is 5.73 Å². The molecule has 1 atom stereocenters. The van der Waals surface area contributed by atoms with Gasteiger partial charge in [-0.15, -0.1) is 0 Å². The fraction of sp³-hybridized carbons (Fsp3) is 0.350. The van der Waals surface area contributed by atoms with Gasteiger partial charge in [0.25, 0.3) is 0 Å². The number of nitrogens with one attached hydrogen (secondary N) is 2. The molecule has 1 aromatic carbocycles. The van der Waals surface area contributed by atoms with E-state index in [0.717, 1.165) is 37.3 Å². The lowest BCUT2D eigenvalue weighted by molar-refractivity contribution is -0.121. The summed E-state index contributed by atoms with van der Waals surface area (Å²) in [5, 5.41) is 5.24. The van der Waals surface area contributed by atoms with E-state index in [1.807, 2.05) is 12.1 Å². The number of benzene rings is 1. The van der Waals surface area contributed by atoms with Gasteiger partial charge in [-0.25, -0.2) is 14.2 Å². The quantitative estimate of drug-likeness (QED) is 0.680. The maximum absolute atomic E-state index is 14.0. The first kappa shape index (κ1) is 19.6. The predicted molar refractivity (Wildman–Crippen MR) is 104 cm³/mol. The molecule has 8 heteroatoms. The van der Waals surface area contributed by atoms with E-state index in [9.17, 15) is 14.0 Å². The molecule has 1 aliphatic heterocycles. The third-order valence-electron chi connectivity index (χ3n) is 4.72. The zero-order valence-corrected chi connectivity index (χ0v) is 15.5. The second-order valence-electron chi connectivity index (χ2n) is 6.78. The molecule has 0 bridgehead atoms. The number of halogens is 1. The van der Waals surface area contributed by atoms with Gasteiger partial charge in [-0.1, -0.05) is 18.2 Å². The van der Waals surface area contributed by atoms with Crippen LogP contribution >= 0.6 is 0 Å².